The lowest BCUT2D eigenvalue weighted by atomic mass is 10.4. The van der Waals surface area contributed by atoms with Crippen molar-refractivity contribution in [2.24, 2.45) is 7.05 Å². The van der Waals surface area contributed by atoms with E-state index in [0.29, 0.717) is 11.4 Å². The van der Waals surface area contributed by atoms with Gasteiger partial charge in [-0.1, -0.05) is 0 Å². The van der Waals surface area contributed by atoms with Gasteiger partial charge in [-0.15, -0.1) is 0 Å². The van der Waals surface area contributed by atoms with Crippen molar-refractivity contribution >= 4 is 22.2 Å². The van der Waals surface area contributed by atoms with Crippen molar-refractivity contribution in [1.82, 2.24) is 4.57 Å². The van der Waals surface area contributed by atoms with Gasteiger partial charge in [0.25, 0.3) is 0 Å². The van der Waals surface area contributed by atoms with Gasteiger partial charge in [-0.3, -0.25) is 4.79 Å². The van der Waals surface area contributed by atoms with Crippen LogP contribution in [0, 0.1) is 0 Å². The van der Waals surface area contributed by atoms with E-state index in [1.165, 1.54) is 0 Å². The van der Waals surface area contributed by atoms with Crippen LogP contribution < -0.4 is 4.74 Å². The molecule has 0 aromatic carbocycles. The standard InChI is InChI=1S/C7H8BrNO2/c1-9-6(11-2)3-5(4-10)7(9)8/h3-4H,1-2H3. The fraction of sp³-hybridized carbons (Fsp3) is 0.286. The Labute approximate surface area is 73.1 Å². The van der Waals surface area contributed by atoms with E-state index in [4.69, 9.17) is 4.74 Å². The molecule has 3 nitrogen and oxygen atoms in total. The first-order valence-corrected chi connectivity index (χ1v) is 3.84. The summed E-state index contributed by atoms with van der Waals surface area (Å²) in [6.07, 6.45) is 0.784. The number of halogens is 1. The van der Waals surface area contributed by atoms with Gasteiger partial charge in [0.15, 0.2) is 12.2 Å². The van der Waals surface area contributed by atoms with Crippen LogP contribution in [0.2, 0.25) is 0 Å². The molecule has 0 atom stereocenters. The van der Waals surface area contributed by atoms with E-state index in [2.05, 4.69) is 15.9 Å². The summed E-state index contributed by atoms with van der Waals surface area (Å²) in [5.41, 5.74) is 0.601. The minimum absolute atomic E-state index is 0.601. The average molecular weight is 218 g/mol. The summed E-state index contributed by atoms with van der Waals surface area (Å²) in [5.74, 6) is 0.666. The zero-order chi connectivity index (χ0) is 8.43. The van der Waals surface area contributed by atoms with Gasteiger partial charge < -0.3 is 9.30 Å². The van der Waals surface area contributed by atoms with Crippen LogP contribution in [0.15, 0.2) is 10.7 Å². The van der Waals surface area contributed by atoms with Crippen LogP contribution in [-0.2, 0) is 7.05 Å². The quantitative estimate of drug-likeness (QED) is 0.706. The van der Waals surface area contributed by atoms with E-state index in [9.17, 15) is 4.79 Å². The maximum atomic E-state index is 10.4. The molecule has 0 aliphatic heterocycles. The number of methoxy groups -OCH3 is 1. The third kappa shape index (κ3) is 1.30. The highest BCUT2D eigenvalue weighted by Crippen LogP contribution is 2.23. The number of nitrogens with zero attached hydrogens (tertiary/aromatic N) is 1. The van der Waals surface area contributed by atoms with Crippen molar-refractivity contribution in [3.63, 3.8) is 0 Å². The molecule has 0 fully saturated rings. The molecule has 0 N–H and O–H groups in total. The summed E-state index contributed by atoms with van der Waals surface area (Å²) in [7, 11) is 3.38. The molecule has 1 aromatic heterocycles. The third-order valence-corrected chi connectivity index (χ3v) is 2.47. The maximum absolute atomic E-state index is 10.4. The van der Waals surface area contributed by atoms with Gasteiger partial charge in [0.2, 0.25) is 0 Å². The molecule has 0 aliphatic carbocycles. The summed E-state index contributed by atoms with van der Waals surface area (Å²) in [6, 6.07) is 1.68. The molecule has 1 heterocycles. The average Bonchev–Trinajstić information content (AvgIpc) is 2.30. The number of ether oxygens (including phenoxy) is 1. The van der Waals surface area contributed by atoms with Crippen LogP contribution in [0.5, 0.6) is 5.88 Å². The van der Waals surface area contributed by atoms with Crippen molar-refractivity contribution < 1.29 is 9.53 Å². The molecule has 11 heavy (non-hydrogen) atoms. The fourth-order valence-electron chi connectivity index (χ4n) is 0.858. The lowest BCUT2D eigenvalue weighted by molar-refractivity contribution is 0.112. The molecule has 60 valence electrons. The van der Waals surface area contributed by atoms with Gasteiger partial charge in [-0.2, -0.15) is 0 Å². The normalized spacial score (nSPS) is 9.73. The molecule has 1 aromatic rings. The number of hydrogen-bond acceptors (Lipinski definition) is 2. The SMILES string of the molecule is COc1cc(C=O)c(Br)n1C. The number of aldehydes is 1. The Morgan fingerprint density at radius 2 is 2.36 bits per heavy atom. The minimum atomic E-state index is 0.601. The van der Waals surface area contributed by atoms with Gasteiger partial charge in [0.1, 0.15) is 0 Å². The summed E-state index contributed by atoms with van der Waals surface area (Å²) in [6.45, 7) is 0. The smallest absolute Gasteiger partial charge is 0.194 e. The Morgan fingerprint density at radius 1 is 1.73 bits per heavy atom. The second-order valence-electron chi connectivity index (χ2n) is 2.11. The molecule has 4 heteroatoms. The summed E-state index contributed by atoms with van der Waals surface area (Å²) in [4.78, 5) is 10.4. The van der Waals surface area contributed by atoms with Gasteiger partial charge in [-0.25, -0.2) is 0 Å². The van der Waals surface area contributed by atoms with Gasteiger partial charge in [-0.05, 0) is 15.9 Å². The number of carbonyl (C=O) groups excluding carboxylic acids is 1. The van der Waals surface area contributed by atoms with Crippen molar-refractivity contribution in [1.29, 1.82) is 0 Å². The highest BCUT2D eigenvalue weighted by Gasteiger charge is 2.08. The highest BCUT2D eigenvalue weighted by atomic mass is 79.9. The predicted octanol–water partition coefficient (Wildman–Crippen LogP) is 1.61. The van der Waals surface area contributed by atoms with Crippen molar-refractivity contribution in [2.45, 2.75) is 0 Å². The zero-order valence-electron chi connectivity index (χ0n) is 6.30. The second-order valence-corrected chi connectivity index (χ2v) is 2.86. The van der Waals surface area contributed by atoms with Crippen molar-refractivity contribution in [3.05, 3.63) is 16.2 Å². The Hall–Kier alpha value is -0.770. The molecule has 0 saturated carbocycles. The van der Waals surface area contributed by atoms with Crippen LogP contribution in [0.25, 0.3) is 0 Å². The van der Waals surface area contributed by atoms with E-state index in [-0.39, 0.29) is 0 Å². The molecule has 0 radical (unpaired) electrons. The molecule has 1 rings (SSSR count). The van der Waals surface area contributed by atoms with Crippen molar-refractivity contribution in [2.75, 3.05) is 7.11 Å². The minimum Gasteiger partial charge on any atom is -0.482 e. The Kier molecular flexibility index (Phi) is 2.34. The molecule has 0 spiro atoms. The van der Waals surface area contributed by atoms with E-state index >= 15 is 0 Å². The lowest BCUT2D eigenvalue weighted by Gasteiger charge is -2.00. The third-order valence-electron chi connectivity index (χ3n) is 1.48. The largest absolute Gasteiger partial charge is 0.482 e. The van der Waals surface area contributed by atoms with E-state index in [1.807, 2.05) is 7.05 Å². The van der Waals surface area contributed by atoms with Crippen molar-refractivity contribution in [3.8, 4) is 5.88 Å². The second kappa shape index (κ2) is 3.09. The molecule has 0 amide bonds. The highest BCUT2D eigenvalue weighted by molar-refractivity contribution is 9.10. The van der Waals surface area contributed by atoms with Gasteiger partial charge >= 0.3 is 0 Å². The topological polar surface area (TPSA) is 31.2 Å². The zero-order valence-corrected chi connectivity index (χ0v) is 7.88. The molecule has 0 unspecified atom stereocenters. The molecule has 0 saturated heterocycles. The van der Waals surface area contributed by atoms with E-state index in [1.54, 1.807) is 17.7 Å². The Balaban J connectivity index is 3.22. The van der Waals surface area contributed by atoms with E-state index in [0.717, 1.165) is 10.9 Å². The first-order chi connectivity index (χ1) is 5.20. The monoisotopic (exact) mass is 217 g/mol. The first-order valence-electron chi connectivity index (χ1n) is 3.05. The molecular formula is C7H8BrNO2. The first kappa shape index (κ1) is 8.33. The Bertz CT molecular complexity index is 280. The fourth-order valence-corrected chi connectivity index (χ4v) is 1.24. The lowest BCUT2D eigenvalue weighted by Crippen LogP contribution is -1.92. The maximum Gasteiger partial charge on any atom is 0.194 e. The van der Waals surface area contributed by atoms with E-state index < -0.39 is 0 Å². The number of hydrogen-bond donors (Lipinski definition) is 0. The molecule has 0 bridgehead atoms. The predicted molar refractivity (Wildman–Crippen MR) is 45.1 cm³/mol. The number of aromatic nitrogens is 1. The Morgan fingerprint density at radius 3 is 2.64 bits per heavy atom. The van der Waals surface area contributed by atoms with Crippen LogP contribution in [0.1, 0.15) is 10.4 Å². The molecule has 0 aliphatic rings. The van der Waals surface area contributed by atoms with Crippen LogP contribution >= 0.6 is 15.9 Å². The summed E-state index contributed by atoms with van der Waals surface area (Å²) < 4.78 is 7.48. The molecular weight excluding hydrogens is 210 g/mol. The van der Waals surface area contributed by atoms with Crippen LogP contribution in [-0.4, -0.2) is 18.0 Å². The number of rotatable bonds is 2. The van der Waals surface area contributed by atoms with Crippen LogP contribution in [0.3, 0.4) is 0 Å². The van der Waals surface area contributed by atoms with Gasteiger partial charge in [0.05, 0.1) is 17.3 Å². The van der Waals surface area contributed by atoms with Gasteiger partial charge in [0, 0.05) is 13.1 Å². The van der Waals surface area contributed by atoms with Crippen LogP contribution in [0.4, 0.5) is 0 Å². The number of carbonyl (C=O) groups is 1. The summed E-state index contributed by atoms with van der Waals surface area (Å²) >= 11 is 3.25. The summed E-state index contributed by atoms with van der Waals surface area (Å²) in [5, 5.41) is 0.